The second-order valence-corrected chi connectivity index (χ2v) is 4.26. The molecule has 3 nitrogen and oxygen atoms in total. The third-order valence-corrected chi connectivity index (χ3v) is 2.70. The lowest BCUT2D eigenvalue weighted by molar-refractivity contribution is 0.630. The summed E-state index contributed by atoms with van der Waals surface area (Å²) in [5, 5.41) is 3.16. The molecule has 0 aliphatic carbocycles. The minimum absolute atomic E-state index is 0.0719. The molecule has 0 aliphatic heterocycles. The van der Waals surface area contributed by atoms with Gasteiger partial charge in [0.2, 0.25) is 0 Å². The average molecular weight is 266 g/mol. The Morgan fingerprint density at radius 1 is 1.33 bits per heavy atom. The van der Waals surface area contributed by atoms with Crippen molar-refractivity contribution in [3.8, 4) is 11.4 Å². The van der Waals surface area contributed by atoms with Crippen molar-refractivity contribution < 1.29 is 4.39 Å². The average Bonchev–Trinajstić information content (AvgIpc) is 2.32. The summed E-state index contributed by atoms with van der Waals surface area (Å²) in [5.74, 6) is 0.526. The molecule has 1 aromatic carbocycles. The molecule has 0 unspecified atom stereocenters. The van der Waals surface area contributed by atoms with Crippen molar-refractivity contribution in [2.75, 3.05) is 11.9 Å². The number of aromatic nitrogens is 2. The van der Waals surface area contributed by atoms with Gasteiger partial charge in [-0.3, -0.25) is 0 Å². The number of rotatable bonds is 3. The highest BCUT2D eigenvalue weighted by molar-refractivity contribution is 6.31. The Kier molecular flexibility index (Phi) is 3.77. The predicted molar refractivity (Wildman–Crippen MR) is 71.3 cm³/mol. The van der Waals surface area contributed by atoms with E-state index in [4.69, 9.17) is 11.6 Å². The summed E-state index contributed by atoms with van der Waals surface area (Å²) in [5.41, 5.74) is 1.08. The van der Waals surface area contributed by atoms with Gasteiger partial charge in [-0.2, -0.15) is 0 Å². The number of anilines is 1. The SMILES string of the molecule is CCNc1cc(C)nc(-c2cccc(Cl)c2F)n1. The van der Waals surface area contributed by atoms with Gasteiger partial charge in [-0.1, -0.05) is 17.7 Å². The van der Waals surface area contributed by atoms with E-state index in [0.717, 1.165) is 12.2 Å². The van der Waals surface area contributed by atoms with Crippen molar-refractivity contribution in [2.45, 2.75) is 13.8 Å². The van der Waals surface area contributed by atoms with Gasteiger partial charge in [-0.25, -0.2) is 14.4 Å². The van der Waals surface area contributed by atoms with E-state index in [0.29, 0.717) is 17.2 Å². The van der Waals surface area contributed by atoms with Gasteiger partial charge in [0.15, 0.2) is 11.6 Å². The van der Waals surface area contributed by atoms with Gasteiger partial charge in [0.05, 0.1) is 10.6 Å². The lowest BCUT2D eigenvalue weighted by atomic mass is 10.2. The van der Waals surface area contributed by atoms with E-state index in [1.807, 2.05) is 19.9 Å². The van der Waals surface area contributed by atoms with Crippen LogP contribution in [0.25, 0.3) is 11.4 Å². The van der Waals surface area contributed by atoms with Crippen molar-refractivity contribution in [1.82, 2.24) is 9.97 Å². The van der Waals surface area contributed by atoms with Crippen LogP contribution in [0, 0.1) is 12.7 Å². The summed E-state index contributed by atoms with van der Waals surface area (Å²) in [6, 6.07) is 6.61. The van der Waals surface area contributed by atoms with Crippen molar-refractivity contribution in [1.29, 1.82) is 0 Å². The molecule has 0 radical (unpaired) electrons. The second-order valence-electron chi connectivity index (χ2n) is 3.85. The summed E-state index contributed by atoms with van der Waals surface area (Å²) in [4.78, 5) is 8.51. The molecular formula is C13H13ClFN3. The first kappa shape index (κ1) is 12.8. The molecule has 2 aromatic rings. The summed E-state index contributed by atoms with van der Waals surface area (Å²) < 4.78 is 13.9. The van der Waals surface area contributed by atoms with Crippen LogP contribution in [0.2, 0.25) is 5.02 Å². The van der Waals surface area contributed by atoms with Gasteiger partial charge in [0.1, 0.15) is 5.82 Å². The molecule has 18 heavy (non-hydrogen) atoms. The first-order valence-electron chi connectivity index (χ1n) is 5.65. The molecule has 0 fully saturated rings. The van der Waals surface area contributed by atoms with Gasteiger partial charge < -0.3 is 5.32 Å². The molecule has 5 heteroatoms. The van der Waals surface area contributed by atoms with Gasteiger partial charge >= 0.3 is 0 Å². The van der Waals surface area contributed by atoms with E-state index >= 15 is 0 Å². The van der Waals surface area contributed by atoms with Crippen molar-refractivity contribution in [3.63, 3.8) is 0 Å². The van der Waals surface area contributed by atoms with Crippen LogP contribution in [0.1, 0.15) is 12.6 Å². The minimum atomic E-state index is -0.493. The summed E-state index contributed by atoms with van der Waals surface area (Å²) >= 11 is 5.76. The van der Waals surface area contributed by atoms with Gasteiger partial charge in [0, 0.05) is 18.3 Å². The molecule has 1 N–H and O–H groups in total. The first-order chi connectivity index (χ1) is 8.61. The van der Waals surface area contributed by atoms with E-state index in [9.17, 15) is 4.39 Å². The van der Waals surface area contributed by atoms with Gasteiger partial charge in [0.25, 0.3) is 0 Å². The number of halogens is 2. The van der Waals surface area contributed by atoms with E-state index in [1.54, 1.807) is 12.1 Å². The number of aryl methyl sites for hydroxylation is 1. The third kappa shape index (κ3) is 2.59. The first-order valence-corrected chi connectivity index (χ1v) is 6.03. The number of hydrogen-bond acceptors (Lipinski definition) is 3. The smallest absolute Gasteiger partial charge is 0.164 e. The molecule has 0 amide bonds. The fraction of sp³-hybridized carbons (Fsp3) is 0.231. The highest BCUT2D eigenvalue weighted by Crippen LogP contribution is 2.26. The van der Waals surface area contributed by atoms with Crippen LogP contribution in [0.5, 0.6) is 0 Å². The Morgan fingerprint density at radius 2 is 2.11 bits per heavy atom. The highest BCUT2D eigenvalue weighted by atomic mass is 35.5. The normalized spacial score (nSPS) is 10.4. The molecule has 0 atom stereocenters. The van der Waals surface area contributed by atoms with Gasteiger partial charge in [-0.05, 0) is 26.0 Å². The van der Waals surface area contributed by atoms with Crippen LogP contribution in [0.15, 0.2) is 24.3 Å². The number of nitrogens with zero attached hydrogens (tertiary/aromatic N) is 2. The van der Waals surface area contributed by atoms with Gasteiger partial charge in [-0.15, -0.1) is 0 Å². The number of benzene rings is 1. The maximum absolute atomic E-state index is 13.9. The van der Waals surface area contributed by atoms with Crippen molar-refractivity contribution in [3.05, 3.63) is 40.8 Å². The molecule has 0 spiro atoms. The van der Waals surface area contributed by atoms with Crippen LogP contribution in [0.4, 0.5) is 10.2 Å². The molecule has 0 saturated carbocycles. The minimum Gasteiger partial charge on any atom is -0.370 e. The van der Waals surface area contributed by atoms with E-state index in [1.165, 1.54) is 6.07 Å². The van der Waals surface area contributed by atoms with Crippen molar-refractivity contribution in [2.24, 2.45) is 0 Å². The summed E-state index contributed by atoms with van der Waals surface area (Å²) in [6.07, 6.45) is 0. The van der Waals surface area contributed by atoms with Crippen LogP contribution in [0.3, 0.4) is 0 Å². The summed E-state index contributed by atoms with van der Waals surface area (Å²) in [7, 11) is 0. The zero-order valence-corrected chi connectivity index (χ0v) is 10.9. The lowest BCUT2D eigenvalue weighted by Gasteiger charge is -2.08. The van der Waals surface area contributed by atoms with Crippen LogP contribution in [-0.2, 0) is 0 Å². The van der Waals surface area contributed by atoms with E-state index in [-0.39, 0.29) is 5.02 Å². The molecule has 1 heterocycles. The summed E-state index contributed by atoms with van der Waals surface area (Å²) in [6.45, 7) is 4.56. The van der Waals surface area contributed by atoms with Crippen LogP contribution < -0.4 is 5.32 Å². The van der Waals surface area contributed by atoms with Crippen molar-refractivity contribution >= 4 is 17.4 Å². The topological polar surface area (TPSA) is 37.8 Å². The van der Waals surface area contributed by atoms with E-state index < -0.39 is 5.82 Å². The quantitative estimate of drug-likeness (QED) is 0.920. The maximum Gasteiger partial charge on any atom is 0.164 e. The molecule has 1 aromatic heterocycles. The number of hydrogen-bond donors (Lipinski definition) is 1. The Bertz CT molecular complexity index is 572. The Hall–Kier alpha value is -1.68. The predicted octanol–water partition coefficient (Wildman–Crippen LogP) is 3.68. The molecule has 0 bridgehead atoms. The molecule has 0 saturated heterocycles. The Balaban J connectivity index is 2.53. The fourth-order valence-electron chi connectivity index (χ4n) is 1.64. The van der Waals surface area contributed by atoms with E-state index in [2.05, 4.69) is 15.3 Å². The third-order valence-electron chi connectivity index (χ3n) is 2.40. The standard InChI is InChI=1S/C13H13ClFN3/c1-3-16-11-7-8(2)17-13(18-11)9-5-4-6-10(14)12(9)15/h4-7H,3H2,1-2H3,(H,16,17,18). The second kappa shape index (κ2) is 5.31. The number of nitrogens with one attached hydrogen (secondary N) is 1. The highest BCUT2D eigenvalue weighted by Gasteiger charge is 2.12. The maximum atomic E-state index is 13.9. The molecule has 94 valence electrons. The van der Waals surface area contributed by atoms with Crippen LogP contribution in [-0.4, -0.2) is 16.5 Å². The van der Waals surface area contributed by atoms with Crippen LogP contribution >= 0.6 is 11.6 Å². The molecule has 0 aliphatic rings. The zero-order chi connectivity index (χ0) is 13.1. The molecule has 2 rings (SSSR count). The fourth-order valence-corrected chi connectivity index (χ4v) is 1.81. The largest absolute Gasteiger partial charge is 0.370 e. The monoisotopic (exact) mass is 265 g/mol. The zero-order valence-electron chi connectivity index (χ0n) is 10.2. The Morgan fingerprint density at radius 3 is 2.83 bits per heavy atom. The molecular weight excluding hydrogens is 253 g/mol. The Labute approximate surface area is 110 Å². The lowest BCUT2D eigenvalue weighted by Crippen LogP contribution is -2.03.